The molecule has 168 valence electrons. The Kier molecular flexibility index (Phi) is 6.56. The van der Waals surface area contributed by atoms with E-state index in [4.69, 9.17) is 0 Å². The predicted molar refractivity (Wildman–Crippen MR) is 138 cm³/mol. The van der Waals surface area contributed by atoms with Gasteiger partial charge in [-0.3, -0.25) is 9.69 Å². The number of benzene rings is 3. The zero-order valence-electron chi connectivity index (χ0n) is 19.1. The van der Waals surface area contributed by atoms with E-state index < -0.39 is 0 Å². The molecule has 0 bridgehead atoms. The van der Waals surface area contributed by atoms with E-state index in [2.05, 4.69) is 102 Å². The molecular formula is C29H30N2OS. The number of hydrogen-bond acceptors (Lipinski definition) is 3. The molecular weight excluding hydrogens is 424 g/mol. The Balaban J connectivity index is 1.37. The summed E-state index contributed by atoms with van der Waals surface area (Å²) in [5.74, 6) is 0.204. The molecule has 1 fully saturated rings. The van der Waals surface area contributed by atoms with Crippen molar-refractivity contribution in [3.8, 4) is 0 Å². The van der Waals surface area contributed by atoms with Gasteiger partial charge < -0.3 is 4.90 Å². The Labute approximate surface area is 200 Å². The van der Waals surface area contributed by atoms with Crippen molar-refractivity contribution in [1.82, 2.24) is 9.80 Å². The van der Waals surface area contributed by atoms with E-state index >= 15 is 0 Å². The number of rotatable bonds is 6. The summed E-state index contributed by atoms with van der Waals surface area (Å²) in [6.45, 7) is 5.44. The van der Waals surface area contributed by atoms with E-state index in [1.807, 2.05) is 0 Å². The Morgan fingerprint density at radius 3 is 2.00 bits per heavy atom. The average Bonchev–Trinajstić information content (AvgIpc) is 3.24. The summed E-state index contributed by atoms with van der Waals surface area (Å²) >= 11 is 1.66. The molecule has 1 aliphatic rings. The van der Waals surface area contributed by atoms with Crippen molar-refractivity contribution in [3.05, 3.63) is 106 Å². The van der Waals surface area contributed by atoms with Crippen LogP contribution in [0.25, 0.3) is 10.1 Å². The molecule has 4 heteroatoms. The van der Waals surface area contributed by atoms with Gasteiger partial charge in [-0.15, -0.1) is 11.3 Å². The number of amides is 1. The quantitative estimate of drug-likeness (QED) is 0.336. The molecule has 1 aromatic heterocycles. The first-order valence-electron chi connectivity index (χ1n) is 11.9. The molecule has 0 spiro atoms. The van der Waals surface area contributed by atoms with Crippen LogP contribution in [0.5, 0.6) is 0 Å². The van der Waals surface area contributed by atoms with E-state index in [-0.39, 0.29) is 11.9 Å². The second kappa shape index (κ2) is 9.90. The number of hydrogen-bond donors (Lipinski definition) is 0. The maximum atomic E-state index is 13.6. The smallest absolute Gasteiger partial charge is 0.264 e. The molecule has 3 aromatic carbocycles. The van der Waals surface area contributed by atoms with E-state index in [9.17, 15) is 4.79 Å². The number of fused-ring (bicyclic) bond motifs is 1. The van der Waals surface area contributed by atoms with Crippen molar-refractivity contribution < 1.29 is 4.79 Å². The van der Waals surface area contributed by atoms with E-state index in [1.54, 1.807) is 11.3 Å². The molecule has 33 heavy (non-hydrogen) atoms. The number of thiophene rings is 1. The first kappa shape index (κ1) is 21.9. The molecule has 0 radical (unpaired) electrons. The minimum atomic E-state index is 0.204. The topological polar surface area (TPSA) is 23.6 Å². The molecule has 1 amide bonds. The minimum absolute atomic E-state index is 0.204. The molecule has 0 aliphatic carbocycles. The Morgan fingerprint density at radius 1 is 0.818 bits per heavy atom. The molecule has 1 aliphatic heterocycles. The van der Waals surface area contributed by atoms with Crippen LogP contribution in [-0.4, -0.2) is 41.9 Å². The lowest BCUT2D eigenvalue weighted by Crippen LogP contribution is -2.49. The minimum Gasteiger partial charge on any atom is -0.335 e. The summed E-state index contributed by atoms with van der Waals surface area (Å²) < 4.78 is 1.22. The SMILES string of the molecule is CCCc1c(C(=O)N2CCN(C(c3ccccc3)c3ccccc3)CC2)sc2ccccc12. The zero-order chi connectivity index (χ0) is 22.6. The molecule has 0 atom stereocenters. The Morgan fingerprint density at radius 2 is 1.39 bits per heavy atom. The van der Waals surface area contributed by atoms with Crippen LogP contribution in [-0.2, 0) is 6.42 Å². The highest BCUT2D eigenvalue weighted by Gasteiger charge is 2.30. The van der Waals surface area contributed by atoms with Crippen molar-refractivity contribution >= 4 is 27.3 Å². The van der Waals surface area contributed by atoms with Gasteiger partial charge in [0.1, 0.15) is 0 Å². The van der Waals surface area contributed by atoms with Gasteiger partial charge in [0, 0.05) is 30.9 Å². The standard InChI is InChI=1S/C29H30N2OS/c1-2-11-25-24-16-9-10-17-26(24)33-28(25)29(32)31-20-18-30(19-21-31)27(22-12-5-3-6-13-22)23-14-7-4-8-15-23/h3-10,12-17,27H,2,11,18-21H2,1H3. The number of carbonyl (C=O) groups is 1. The summed E-state index contributed by atoms with van der Waals surface area (Å²) in [6.07, 6.45) is 2.00. The van der Waals surface area contributed by atoms with Crippen LogP contribution in [0, 0.1) is 0 Å². The van der Waals surface area contributed by atoms with Gasteiger partial charge in [-0.25, -0.2) is 0 Å². The molecule has 0 unspecified atom stereocenters. The third-order valence-corrected chi connectivity index (χ3v) is 7.79. The van der Waals surface area contributed by atoms with Crippen molar-refractivity contribution in [2.75, 3.05) is 26.2 Å². The van der Waals surface area contributed by atoms with Crippen molar-refractivity contribution in [2.45, 2.75) is 25.8 Å². The van der Waals surface area contributed by atoms with Crippen LogP contribution in [0.2, 0.25) is 0 Å². The number of piperazine rings is 1. The molecule has 4 aromatic rings. The Hall–Kier alpha value is -2.95. The van der Waals surface area contributed by atoms with E-state index in [1.165, 1.54) is 26.8 Å². The largest absolute Gasteiger partial charge is 0.335 e. The van der Waals surface area contributed by atoms with E-state index in [0.29, 0.717) is 0 Å². The lowest BCUT2D eigenvalue weighted by molar-refractivity contribution is 0.0601. The van der Waals surface area contributed by atoms with Crippen LogP contribution in [0.3, 0.4) is 0 Å². The van der Waals surface area contributed by atoms with Gasteiger partial charge in [-0.2, -0.15) is 0 Å². The highest BCUT2D eigenvalue weighted by molar-refractivity contribution is 7.21. The van der Waals surface area contributed by atoms with Gasteiger partial charge in [0.25, 0.3) is 5.91 Å². The predicted octanol–water partition coefficient (Wildman–Crippen LogP) is 6.40. The van der Waals surface area contributed by atoms with Gasteiger partial charge in [0.05, 0.1) is 10.9 Å². The first-order chi connectivity index (χ1) is 16.3. The fourth-order valence-electron chi connectivity index (χ4n) is 4.98. The molecule has 0 saturated carbocycles. The summed E-state index contributed by atoms with van der Waals surface area (Å²) in [4.78, 5) is 19.1. The normalized spacial score (nSPS) is 14.8. The van der Waals surface area contributed by atoms with Crippen LogP contribution in [0.1, 0.15) is 45.7 Å². The number of nitrogens with zero attached hydrogens (tertiary/aromatic N) is 2. The second-order valence-corrected chi connectivity index (χ2v) is 9.76. The van der Waals surface area contributed by atoms with Crippen LogP contribution < -0.4 is 0 Å². The summed E-state index contributed by atoms with van der Waals surface area (Å²) in [5, 5.41) is 1.25. The van der Waals surface area contributed by atoms with Crippen LogP contribution >= 0.6 is 11.3 Å². The maximum absolute atomic E-state index is 13.6. The molecule has 1 saturated heterocycles. The summed E-state index contributed by atoms with van der Waals surface area (Å²) in [7, 11) is 0. The fourth-order valence-corrected chi connectivity index (χ4v) is 6.20. The Bertz CT molecular complexity index is 1170. The van der Waals surface area contributed by atoms with Gasteiger partial charge in [0.2, 0.25) is 0 Å². The summed E-state index contributed by atoms with van der Waals surface area (Å²) in [6, 6.07) is 30.1. The van der Waals surface area contributed by atoms with Gasteiger partial charge in [-0.1, -0.05) is 92.2 Å². The van der Waals surface area contributed by atoms with Crippen molar-refractivity contribution in [3.63, 3.8) is 0 Å². The van der Waals surface area contributed by atoms with Crippen LogP contribution in [0.4, 0.5) is 0 Å². The number of aryl methyl sites for hydroxylation is 1. The van der Waals surface area contributed by atoms with Crippen molar-refractivity contribution in [2.24, 2.45) is 0 Å². The second-order valence-electron chi connectivity index (χ2n) is 8.71. The lowest BCUT2D eigenvalue weighted by Gasteiger charge is -2.39. The average molecular weight is 455 g/mol. The van der Waals surface area contributed by atoms with Crippen LogP contribution in [0.15, 0.2) is 84.9 Å². The third-order valence-electron chi connectivity index (χ3n) is 6.59. The third kappa shape index (κ3) is 4.46. The highest BCUT2D eigenvalue weighted by Crippen LogP contribution is 2.34. The van der Waals surface area contributed by atoms with Gasteiger partial charge in [-0.05, 0) is 34.6 Å². The van der Waals surface area contributed by atoms with E-state index in [0.717, 1.165) is 43.9 Å². The highest BCUT2D eigenvalue weighted by atomic mass is 32.1. The van der Waals surface area contributed by atoms with Gasteiger partial charge >= 0.3 is 0 Å². The van der Waals surface area contributed by atoms with Crippen molar-refractivity contribution in [1.29, 1.82) is 0 Å². The molecule has 2 heterocycles. The summed E-state index contributed by atoms with van der Waals surface area (Å²) in [5.41, 5.74) is 3.84. The number of carbonyl (C=O) groups excluding carboxylic acids is 1. The maximum Gasteiger partial charge on any atom is 0.264 e. The first-order valence-corrected chi connectivity index (χ1v) is 12.7. The zero-order valence-corrected chi connectivity index (χ0v) is 19.9. The monoisotopic (exact) mass is 454 g/mol. The lowest BCUT2D eigenvalue weighted by atomic mass is 9.96. The fraction of sp³-hybridized carbons (Fsp3) is 0.276. The van der Waals surface area contributed by atoms with Gasteiger partial charge in [0.15, 0.2) is 0 Å². The molecule has 3 nitrogen and oxygen atoms in total. The molecule has 0 N–H and O–H groups in total. The molecule has 5 rings (SSSR count).